The number of aliphatic hydroxyl groups is 1. The molecule has 22 heavy (non-hydrogen) atoms. The van der Waals surface area contributed by atoms with Gasteiger partial charge < -0.3 is 24.6 Å². The summed E-state index contributed by atoms with van der Waals surface area (Å²) in [6.45, 7) is 4.45. The fourth-order valence-electron chi connectivity index (χ4n) is 2.30. The third-order valence-electron chi connectivity index (χ3n) is 3.68. The van der Waals surface area contributed by atoms with Gasteiger partial charge in [0.1, 0.15) is 0 Å². The number of carboxylic acids is 2. The van der Waals surface area contributed by atoms with Crippen LogP contribution in [0.1, 0.15) is 44.9 Å². The average molecular weight is 308 g/mol. The van der Waals surface area contributed by atoms with Crippen molar-refractivity contribution in [2.75, 3.05) is 26.4 Å². The Morgan fingerprint density at radius 3 is 2.14 bits per heavy atom. The number of hydrogen-bond donors (Lipinski definition) is 2. The first-order valence-electron chi connectivity index (χ1n) is 7.44. The average Bonchev–Trinajstić information content (AvgIpc) is 2.45. The van der Waals surface area contributed by atoms with E-state index in [0.29, 0.717) is 6.54 Å². The van der Waals surface area contributed by atoms with Crippen LogP contribution in [0.5, 0.6) is 0 Å². The van der Waals surface area contributed by atoms with Crippen molar-refractivity contribution in [3.63, 3.8) is 0 Å². The molecule has 0 aliphatic heterocycles. The van der Waals surface area contributed by atoms with Gasteiger partial charge in [-0.15, -0.1) is 6.58 Å². The second-order valence-corrected chi connectivity index (χ2v) is 5.41. The van der Waals surface area contributed by atoms with Gasteiger partial charge in [-0.3, -0.25) is 4.79 Å². The number of carbonyl (C=O) groups excluding carboxylic acids is 1. The summed E-state index contributed by atoms with van der Waals surface area (Å²) >= 11 is 0. The molecule has 0 saturated carbocycles. The van der Waals surface area contributed by atoms with Crippen LogP contribution in [0, 0.1) is 0 Å². The predicted octanol–water partition coefficient (Wildman–Crippen LogP) is -2.49. The summed E-state index contributed by atoms with van der Waals surface area (Å²) in [6.07, 6.45) is 6.54. The van der Waals surface area contributed by atoms with Gasteiger partial charge in [-0.1, -0.05) is 12.5 Å². The van der Waals surface area contributed by atoms with Crippen LogP contribution >= 0.6 is 0 Å². The van der Waals surface area contributed by atoms with Crippen LogP contribution in [-0.2, 0) is 9.59 Å². The van der Waals surface area contributed by atoms with Crippen LogP contribution in [0.4, 0.5) is 0 Å². The smallest absolute Gasteiger partial charge is 0.550 e. The SMILES string of the molecule is C=CCCCCCC[N+](CO)(CCC(=O)[O-])CCC(=O)O.[Li+]. The van der Waals surface area contributed by atoms with E-state index in [0.717, 1.165) is 32.1 Å². The van der Waals surface area contributed by atoms with Gasteiger partial charge in [-0.05, 0) is 25.7 Å². The molecule has 0 spiro atoms. The van der Waals surface area contributed by atoms with Crippen LogP contribution in [-0.4, -0.2) is 53.0 Å². The fraction of sp³-hybridized carbons (Fsp3) is 0.733. The number of allylic oxidation sites excluding steroid dienone is 1. The van der Waals surface area contributed by atoms with Crippen LogP contribution in [0.25, 0.3) is 0 Å². The van der Waals surface area contributed by atoms with Crippen LogP contribution in [0.2, 0.25) is 0 Å². The fourth-order valence-corrected chi connectivity index (χ4v) is 2.30. The third-order valence-corrected chi connectivity index (χ3v) is 3.68. The second kappa shape index (κ2) is 13.8. The van der Waals surface area contributed by atoms with Crippen molar-refractivity contribution in [1.82, 2.24) is 0 Å². The molecule has 0 radical (unpaired) electrons. The van der Waals surface area contributed by atoms with E-state index in [-0.39, 0.29) is 56.0 Å². The van der Waals surface area contributed by atoms with E-state index in [1.807, 2.05) is 6.08 Å². The van der Waals surface area contributed by atoms with Crippen molar-refractivity contribution >= 4 is 11.9 Å². The Morgan fingerprint density at radius 2 is 1.64 bits per heavy atom. The first kappa shape index (κ1) is 23.5. The minimum Gasteiger partial charge on any atom is -0.550 e. The Kier molecular flexibility index (Phi) is 14.8. The normalized spacial score (nSPS) is 13.0. The molecule has 0 aromatic rings. The number of aliphatic hydroxyl groups excluding tert-OH is 1. The zero-order chi connectivity index (χ0) is 16.1. The minimum atomic E-state index is -1.17. The number of unbranched alkanes of at least 4 members (excludes halogenated alkanes) is 4. The number of nitrogens with zero attached hydrogens (tertiary/aromatic N) is 1. The number of quaternary nitrogens is 1. The number of aliphatic carboxylic acids is 2. The molecule has 1 atom stereocenters. The Morgan fingerprint density at radius 1 is 1.05 bits per heavy atom. The number of carboxylic acid groups (broad SMARTS) is 2. The molecule has 0 aromatic carbocycles. The largest absolute Gasteiger partial charge is 1.00 e. The quantitative estimate of drug-likeness (QED) is 0.122. The maximum atomic E-state index is 10.7. The van der Waals surface area contributed by atoms with E-state index in [4.69, 9.17) is 5.11 Å². The van der Waals surface area contributed by atoms with Gasteiger partial charge in [0, 0.05) is 12.4 Å². The summed E-state index contributed by atoms with van der Waals surface area (Å²) in [4.78, 5) is 21.3. The first-order valence-corrected chi connectivity index (χ1v) is 7.44. The molecule has 0 aliphatic rings. The number of hydrogen-bond acceptors (Lipinski definition) is 4. The van der Waals surface area contributed by atoms with E-state index in [1.54, 1.807) is 0 Å². The van der Waals surface area contributed by atoms with Crippen molar-refractivity contribution in [3.8, 4) is 0 Å². The zero-order valence-electron chi connectivity index (χ0n) is 13.6. The van der Waals surface area contributed by atoms with Crippen molar-refractivity contribution in [1.29, 1.82) is 0 Å². The number of carbonyl (C=O) groups is 2. The molecule has 0 rings (SSSR count). The third kappa shape index (κ3) is 11.8. The predicted molar refractivity (Wildman–Crippen MR) is 77.1 cm³/mol. The molecule has 1 unspecified atom stereocenters. The molecule has 0 amide bonds. The molecule has 7 heteroatoms. The van der Waals surface area contributed by atoms with Gasteiger partial charge in [0.15, 0.2) is 6.73 Å². The van der Waals surface area contributed by atoms with Crippen molar-refractivity contribution in [3.05, 3.63) is 12.7 Å². The van der Waals surface area contributed by atoms with E-state index in [1.165, 1.54) is 0 Å². The van der Waals surface area contributed by atoms with E-state index < -0.39 is 11.9 Å². The molecule has 0 saturated heterocycles. The van der Waals surface area contributed by atoms with E-state index >= 15 is 0 Å². The molecular weight excluding hydrogens is 281 g/mol. The topological polar surface area (TPSA) is 97.7 Å². The monoisotopic (exact) mass is 308 g/mol. The molecule has 0 aromatic heterocycles. The molecule has 0 aliphatic carbocycles. The van der Waals surface area contributed by atoms with Gasteiger partial charge in [-0.25, -0.2) is 0 Å². The van der Waals surface area contributed by atoms with Gasteiger partial charge in [0.05, 0.1) is 26.1 Å². The molecule has 0 bridgehead atoms. The van der Waals surface area contributed by atoms with Gasteiger partial charge >= 0.3 is 24.8 Å². The maximum Gasteiger partial charge on any atom is 1.00 e. The molecule has 0 heterocycles. The Hall–Kier alpha value is -0.803. The van der Waals surface area contributed by atoms with Crippen molar-refractivity contribution < 1.29 is 48.3 Å². The van der Waals surface area contributed by atoms with Gasteiger partial charge in [0.2, 0.25) is 0 Å². The molecule has 2 N–H and O–H groups in total. The standard InChI is InChI=1S/C15H27NO5.Li/c1-2-3-4-5-6-7-10-16(13-17,11-8-14(18)19)12-9-15(20)21;/h2,17H,1,3-13H2,(H-,18,19,20,21);/q;+1. The molecule has 122 valence electrons. The maximum absolute atomic E-state index is 10.7. The second-order valence-electron chi connectivity index (χ2n) is 5.41. The zero-order valence-corrected chi connectivity index (χ0v) is 13.6. The van der Waals surface area contributed by atoms with Crippen LogP contribution in [0.15, 0.2) is 12.7 Å². The minimum absolute atomic E-state index is 0. The Labute approximate surface area is 144 Å². The summed E-state index contributed by atoms with van der Waals surface area (Å²) in [6, 6.07) is 0. The van der Waals surface area contributed by atoms with Crippen LogP contribution < -0.4 is 24.0 Å². The van der Waals surface area contributed by atoms with Crippen molar-refractivity contribution in [2.24, 2.45) is 0 Å². The molecular formula is C15H27LiNO5+. The summed E-state index contributed by atoms with van der Waals surface area (Å²) in [5.74, 6) is -2.11. The molecule has 6 nitrogen and oxygen atoms in total. The van der Waals surface area contributed by atoms with Crippen molar-refractivity contribution in [2.45, 2.75) is 44.9 Å². The number of rotatable bonds is 14. The first-order chi connectivity index (χ1) is 9.95. The summed E-state index contributed by atoms with van der Waals surface area (Å²) < 4.78 is 0.113. The summed E-state index contributed by atoms with van der Waals surface area (Å²) in [5, 5.41) is 29.0. The van der Waals surface area contributed by atoms with E-state index in [9.17, 15) is 19.8 Å². The summed E-state index contributed by atoms with van der Waals surface area (Å²) in [5.41, 5.74) is 0. The Balaban J connectivity index is 0. The van der Waals surface area contributed by atoms with E-state index in [2.05, 4.69) is 6.58 Å². The van der Waals surface area contributed by atoms with Gasteiger partial charge in [0.25, 0.3) is 0 Å². The van der Waals surface area contributed by atoms with Gasteiger partial charge in [-0.2, -0.15) is 0 Å². The Bertz CT molecular complexity index is 318. The molecule has 0 fully saturated rings. The van der Waals surface area contributed by atoms with Crippen LogP contribution in [0.3, 0.4) is 0 Å². The summed E-state index contributed by atoms with van der Waals surface area (Å²) in [7, 11) is 0.